The lowest BCUT2D eigenvalue weighted by molar-refractivity contribution is -0.163. The van der Waals surface area contributed by atoms with Crippen LogP contribution in [0.2, 0.25) is 0 Å². The molecule has 0 aliphatic heterocycles. The molecule has 28 heavy (non-hydrogen) atoms. The van der Waals surface area contributed by atoms with Crippen molar-refractivity contribution in [1.82, 2.24) is 0 Å². The van der Waals surface area contributed by atoms with E-state index in [0.29, 0.717) is 12.8 Å². The minimum atomic E-state index is -4.28. The zero-order valence-electron chi connectivity index (χ0n) is 14.7. The van der Waals surface area contributed by atoms with Crippen LogP contribution in [-0.2, 0) is 17.6 Å². The molecule has 0 fully saturated rings. The summed E-state index contributed by atoms with van der Waals surface area (Å²) >= 11 is 0. The van der Waals surface area contributed by atoms with E-state index in [-0.39, 0.29) is 12.0 Å². The Labute approximate surface area is 158 Å². The highest BCUT2D eigenvalue weighted by molar-refractivity contribution is 5.80. The van der Waals surface area contributed by atoms with Crippen LogP contribution in [0.1, 0.15) is 24.0 Å². The van der Waals surface area contributed by atoms with Gasteiger partial charge < -0.3 is 21.1 Å². The highest BCUT2D eigenvalue weighted by Gasteiger charge is 2.52. The number of aliphatic carboxylic acids is 1. The number of hydrogen-bond acceptors (Lipinski definition) is 4. The highest BCUT2D eigenvalue weighted by atomic mass is 19.4. The van der Waals surface area contributed by atoms with Crippen molar-refractivity contribution in [2.24, 2.45) is 5.73 Å². The van der Waals surface area contributed by atoms with Gasteiger partial charge in [0.1, 0.15) is 6.10 Å². The summed E-state index contributed by atoms with van der Waals surface area (Å²) in [5.74, 6) is -2.13. The normalized spacial score (nSPS) is 16.9. The summed E-state index contributed by atoms with van der Waals surface area (Å²) in [5.41, 5.74) is 2.67. The lowest BCUT2D eigenvalue weighted by Crippen LogP contribution is -2.65. The van der Waals surface area contributed by atoms with E-state index < -0.39 is 42.7 Å². The van der Waals surface area contributed by atoms with Gasteiger partial charge in [0.25, 0.3) is 6.43 Å². The SMILES string of the molecule is NC(C(=O)O)(C(F)F)C(O)C(O)C/C=C/CCc1ccc(CC(F)(F)F)cc1. The van der Waals surface area contributed by atoms with Crippen molar-refractivity contribution in [3.8, 4) is 0 Å². The molecule has 1 aromatic carbocycles. The van der Waals surface area contributed by atoms with E-state index in [1.165, 1.54) is 18.2 Å². The third-order valence-corrected chi connectivity index (χ3v) is 4.16. The topological polar surface area (TPSA) is 104 Å². The fourth-order valence-corrected chi connectivity index (χ4v) is 2.45. The van der Waals surface area contributed by atoms with Gasteiger partial charge >= 0.3 is 12.1 Å². The first-order valence-electron chi connectivity index (χ1n) is 8.34. The highest BCUT2D eigenvalue weighted by Crippen LogP contribution is 2.23. The van der Waals surface area contributed by atoms with Gasteiger partial charge in [0.15, 0.2) is 0 Å². The molecule has 3 unspecified atom stereocenters. The van der Waals surface area contributed by atoms with Crippen LogP contribution in [0.15, 0.2) is 36.4 Å². The molecule has 0 saturated heterocycles. The van der Waals surface area contributed by atoms with Crippen LogP contribution in [0, 0.1) is 0 Å². The van der Waals surface area contributed by atoms with E-state index >= 15 is 0 Å². The lowest BCUT2D eigenvalue weighted by Gasteiger charge is -2.31. The summed E-state index contributed by atoms with van der Waals surface area (Å²) in [6.45, 7) is 0. The van der Waals surface area contributed by atoms with Gasteiger partial charge in [-0.2, -0.15) is 13.2 Å². The number of aryl methyl sites for hydroxylation is 1. The fraction of sp³-hybridized carbons (Fsp3) is 0.500. The van der Waals surface area contributed by atoms with Crippen LogP contribution in [0.3, 0.4) is 0 Å². The van der Waals surface area contributed by atoms with Crippen molar-refractivity contribution in [2.75, 3.05) is 0 Å². The van der Waals surface area contributed by atoms with Gasteiger partial charge in [-0.25, -0.2) is 13.6 Å². The van der Waals surface area contributed by atoms with Crippen LogP contribution >= 0.6 is 0 Å². The molecule has 10 heteroatoms. The Morgan fingerprint density at radius 3 is 2.07 bits per heavy atom. The Morgan fingerprint density at radius 2 is 1.61 bits per heavy atom. The van der Waals surface area contributed by atoms with Crippen molar-refractivity contribution in [3.63, 3.8) is 0 Å². The number of aliphatic hydroxyl groups excluding tert-OH is 2. The second kappa shape index (κ2) is 9.94. The quantitative estimate of drug-likeness (QED) is 0.350. The number of hydrogen-bond donors (Lipinski definition) is 4. The first-order chi connectivity index (χ1) is 12.9. The molecule has 1 rings (SSSR count). The van der Waals surface area contributed by atoms with Gasteiger partial charge in [-0.1, -0.05) is 36.4 Å². The maximum atomic E-state index is 12.8. The Balaban J connectivity index is 2.50. The molecule has 1 aromatic rings. The van der Waals surface area contributed by atoms with Crippen LogP contribution in [-0.4, -0.2) is 51.6 Å². The second-order valence-corrected chi connectivity index (χ2v) is 6.41. The van der Waals surface area contributed by atoms with Gasteiger partial charge in [0, 0.05) is 0 Å². The van der Waals surface area contributed by atoms with E-state index in [9.17, 15) is 37.0 Å². The van der Waals surface area contributed by atoms with Crippen molar-refractivity contribution in [3.05, 3.63) is 47.5 Å². The predicted octanol–water partition coefficient (Wildman–Crippen LogP) is 2.44. The number of rotatable bonds is 10. The Kier molecular flexibility index (Phi) is 8.52. The summed E-state index contributed by atoms with van der Waals surface area (Å²) in [6.07, 6.45) is -9.50. The summed E-state index contributed by atoms with van der Waals surface area (Å²) in [6, 6.07) is 5.88. The molecule has 0 aliphatic rings. The maximum absolute atomic E-state index is 12.8. The number of nitrogens with two attached hydrogens (primary N) is 1. The standard InChI is InChI=1S/C18H22F5NO4/c19-15(20)18(24,16(27)28)14(26)13(25)5-3-1-2-4-11-6-8-12(9-7-11)10-17(21,22)23/h1,3,6-9,13-15,25-26H,2,4-5,10,24H2,(H,27,28)/b3-1+. The second-order valence-electron chi connectivity index (χ2n) is 6.41. The monoisotopic (exact) mass is 411 g/mol. The lowest BCUT2D eigenvalue weighted by atomic mass is 9.89. The van der Waals surface area contributed by atoms with Gasteiger partial charge in [-0.05, 0) is 30.4 Å². The molecule has 0 aromatic heterocycles. The minimum Gasteiger partial charge on any atom is -0.480 e. The number of halogens is 5. The van der Waals surface area contributed by atoms with E-state index in [2.05, 4.69) is 0 Å². The Morgan fingerprint density at radius 1 is 1.07 bits per heavy atom. The van der Waals surface area contributed by atoms with Crippen LogP contribution in [0.25, 0.3) is 0 Å². The van der Waals surface area contributed by atoms with Crippen LogP contribution in [0.4, 0.5) is 22.0 Å². The minimum absolute atomic E-state index is 0.145. The zero-order valence-corrected chi connectivity index (χ0v) is 14.7. The van der Waals surface area contributed by atoms with E-state index in [1.807, 2.05) is 0 Å². The maximum Gasteiger partial charge on any atom is 0.393 e. The van der Waals surface area contributed by atoms with Gasteiger partial charge in [-0.15, -0.1) is 0 Å². The zero-order chi connectivity index (χ0) is 21.5. The number of carboxylic acid groups (broad SMARTS) is 1. The molecule has 0 radical (unpaired) electrons. The van der Waals surface area contributed by atoms with E-state index in [4.69, 9.17) is 10.8 Å². The van der Waals surface area contributed by atoms with E-state index in [1.54, 1.807) is 18.2 Å². The van der Waals surface area contributed by atoms with Crippen LogP contribution < -0.4 is 5.73 Å². The largest absolute Gasteiger partial charge is 0.480 e. The molecule has 0 bridgehead atoms. The molecular weight excluding hydrogens is 389 g/mol. The Hall–Kier alpha value is -2.04. The molecule has 5 N–H and O–H groups in total. The number of alkyl halides is 5. The summed E-state index contributed by atoms with van der Waals surface area (Å²) in [4.78, 5) is 10.9. The number of carboxylic acids is 1. The molecule has 0 amide bonds. The van der Waals surface area contributed by atoms with Crippen molar-refractivity contribution < 1.29 is 42.1 Å². The van der Waals surface area contributed by atoms with E-state index in [0.717, 1.165) is 5.56 Å². The number of allylic oxidation sites excluding steroid dienone is 1. The summed E-state index contributed by atoms with van der Waals surface area (Å²) in [5, 5.41) is 28.2. The molecule has 0 spiro atoms. The average Bonchev–Trinajstić information content (AvgIpc) is 2.59. The van der Waals surface area contributed by atoms with Gasteiger partial charge in [0.2, 0.25) is 5.54 Å². The molecule has 0 aliphatic carbocycles. The molecule has 0 heterocycles. The Bertz CT molecular complexity index is 663. The first-order valence-corrected chi connectivity index (χ1v) is 8.34. The fourth-order valence-electron chi connectivity index (χ4n) is 2.45. The van der Waals surface area contributed by atoms with Crippen LogP contribution in [0.5, 0.6) is 0 Å². The third kappa shape index (κ3) is 6.84. The number of carbonyl (C=O) groups is 1. The van der Waals surface area contributed by atoms with Crippen molar-refractivity contribution in [2.45, 2.75) is 56.0 Å². The van der Waals surface area contributed by atoms with Gasteiger partial charge in [0.05, 0.1) is 12.5 Å². The third-order valence-electron chi connectivity index (χ3n) is 4.16. The molecule has 158 valence electrons. The molecular formula is C18H22F5NO4. The number of benzene rings is 1. The average molecular weight is 411 g/mol. The molecule has 5 nitrogen and oxygen atoms in total. The first kappa shape index (κ1) is 24.0. The molecule has 0 saturated carbocycles. The molecule has 3 atom stereocenters. The predicted molar refractivity (Wildman–Crippen MR) is 90.9 cm³/mol. The van der Waals surface area contributed by atoms with Crippen molar-refractivity contribution >= 4 is 5.97 Å². The van der Waals surface area contributed by atoms with Crippen molar-refractivity contribution in [1.29, 1.82) is 0 Å². The number of aliphatic hydroxyl groups is 2. The summed E-state index contributed by atoms with van der Waals surface area (Å²) < 4.78 is 62.5. The van der Waals surface area contributed by atoms with Gasteiger partial charge in [-0.3, -0.25) is 0 Å². The summed E-state index contributed by atoms with van der Waals surface area (Å²) in [7, 11) is 0. The smallest absolute Gasteiger partial charge is 0.393 e.